The van der Waals surface area contributed by atoms with Crippen molar-refractivity contribution in [2.24, 2.45) is 0 Å². The standard InChI is InChI=1S/C36H23NO2/c1-4-13-31-25(8-1)26-9-2-5-14-32(26)37(31)23-17-19-34-30(21-23)28-18-16-22(20-35(28)38-34)24-11-7-12-29-27-10-3-6-15-33(27)39-36(24)29/h1-21,29,36H. The highest BCUT2D eigenvalue weighted by atomic mass is 16.5. The van der Waals surface area contributed by atoms with Crippen LogP contribution in [-0.4, -0.2) is 10.7 Å². The lowest BCUT2D eigenvalue weighted by Crippen LogP contribution is -2.21. The molecule has 0 saturated heterocycles. The lowest BCUT2D eigenvalue weighted by molar-refractivity contribution is 0.278. The zero-order chi connectivity index (χ0) is 25.5. The van der Waals surface area contributed by atoms with Gasteiger partial charge in [-0.05, 0) is 54.1 Å². The van der Waals surface area contributed by atoms with E-state index >= 15 is 0 Å². The molecule has 3 nitrogen and oxygen atoms in total. The minimum absolute atomic E-state index is 0.0175. The third-order valence-corrected chi connectivity index (χ3v) is 8.39. The third-order valence-electron chi connectivity index (χ3n) is 8.39. The van der Waals surface area contributed by atoms with Crippen LogP contribution >= 0.6 is 0 Å². The fourth-order valence-electron chi connectivity index (χ4n) is 6.62. The highest BCUT2D eigenvalue weighted by Crippen LogP contribution is 2.46. The Hall–Kier alpha value is -5.02. The maximum Gasteiger partial charge on any atom is 0.136 e. The summed E-state index contributed by atoms with van der Waals surface area (Å²) >= 11 is 0. The fraction of sp³-hybridized carbons (Fsp3) is 0.0556. The molecule has 3 heterocycles. The molecule has 0 saturated carbocycles. The summed E-state index contributed by atoms with van der Waals surface area (Å²) in [6.07, 6.45) is 6.56. The number of furan rings is 1. The summed E-state index contributed by atoms with van der Waals surface area (Å²) in [7, 11) is 0. The minimum Gasteiger partial charge on any atom is -0.484 e. The molecule has 1 aliphatic carbocycles. The first-order valence-electron chi connectivity index (χ1n) is 13.4. The van der Waals surface area contributed by atoms with E-state index in [-0.39, 0.29) is 12.0 Å². The van der Waals surface area contributed by atoms with Crippen molar-refractivity contribution in [2.45, 2.75) is 12.0 Å². The van der Waals surface area contributed by atoms with Gasteiger partial charge in [0.05, 0.1) is 11.0 Å². The Kier molecular flexibility index (Phi) is 4.17. The van der Waals surface area contributed by atoms with Gasteiger partial charge in [0.15, 0.2) is 0 Å². The van der Waals surface area contributed by atoms with Crippen molar-refractivity contribution >= 4 is 49.3 Å². The van der Waals surface area contributed by atoms with Crippen LogP contribution in [0.3, 0.4) is 0 Å². The van der Waals surface area contributed by atoms with Crippen LogP contribution in [0.1, 0.15) is 17.0 Å². The molecule has 7 aromatic rings. The molecule has 9 rings (SSSR count). The topological polar surface area (TPSA) is 27.3 Å². The molecule has 0 radical (unpaired) electrons. The molecule has 3 heteroatoms. The highest BCUT2D eigenvalue weighted by Gasteiger charge is 2.36. The second kappa shape index (κ2) is 7.75. The summed E-state index contributed by atoms with van der Waals surface area (Å²) in [4.78, 5) is 0. The molecule has 2 aromatic heterocycles. The Bertz CT molecular complexity index is 2120. The van der Waals surface area contributed by atoms with Crippen LogP contribution in [0.5, 0.6) is 5.75 Å². The molecule has 0 spiro atoms. The molecular weight excluding hydrogens is 478 g/mol. The summed E-state index contributed by atoms with van der Waals surface area (Å²) in [5, 5.41) is 4.77. The van der Waals surface area contributed by atoms with E-state index < -0.39 is 0 Å². The van der Waals surface area contributed by atoms with Crippen LogP contribution in [0.4, 0.5) is 0 Å². The van der Waals surface area contributed by atoms with Gasteiger partial charge in [-0.15, -0.1) is 0 Å². The third kappa shape index (κ3) is 2.93. The molecule has 39 heavy (non-hydrogen) atoms. The molecule has 2 unspecified atom stereocenters. The number of benzene rings is 5. The van der Waals surface area contributed by atoms with Crippen molar-refractivity contribution in [1.29, 1.82) is 0 Å². The summed E-state index contributed by atoms with van der Waals surface area (Å²) < 4.78 is 15.2. The van der Waals surface area contributed by atoms with E-state index in [1.807, 2.05) is 6.07 Å². The average molecular weight is 502 g/mol. The summed E-state index contributed by atoms with van der Waals surface area (Å²) in [5.41, 5.74) is 8.91. The monoisotopic (exact) mass is 501 g/mol. The van der Waals surface area contributed by atoms with E-state index in [2.05, 4.69) is 126 Å². The predicted molar refractivity (Wildman–Crippen MR) is 159 cm³/mol. The molecule has 1 aliphatic heterocycles. The van der Waals surface area contributed by atoms with Crippen LogP contribution in [-0.2, 0) is 0 Å². The maximum atomic E-state index is 6.42. The van der Waals surface area contributed by atoms with Gasteiger partial charge in [0.25, 0.3) is 0 Å². The first-order chi connectivity index (χ1) is 19.3. The molecule has 0 amide bonds. The number of aromatic nitrogens is 1. The van der Waals surface area contributed by atoms with E-state index in [9.17, 15) is 0 Å². The van der Waals surface area contributed by atoms with Gasteiger partial charge < -0.3 is 13.7 Å². The SMILES string of the molecule is C1=CC2c3ccccc3OC2C(c2ccc3c(c2)oc2ccc(-n4c5ccccc5c5ccccc54)cc23)=C1. The van der Waals surface area contributed by atoms with Crippen LogP contribution in [0.2, 0.25) is 0 Å². The number of hydrogen-bond donors (Lipinski definition) is 0. The fourth-order valence-corrected chi connectivity index (χ4v) is 6.62. The smallest absolute Gasteiger partial charge is 0.136 e. The van der Waals surface area contributed by atoms with E-state index in [4.69, 9.17) is 9.15 Å². The molecule has 2 atom stereocenters. The number of hydrogen-bond acceptors (Lipinski definition) is 2. The number of nitrogens with zero attached hydrogens (tertiary/aromatic N) is 1. The molecule has 0 bridgehead atoms. The number of allylic oxidation sites excluding steroid dienone is 2. The van der Waals surface area contributed by atoms with E-state index in [1.54, 1.807) is 0 Å². The molecule has 0 N–H and O–H groups in total. The van der Waals surface area contributed by atoms with Crippen molar-refractivity contribution in [3.63, 3.8) is 0 Å². The zero-order valence-corrected chi connectivity index (χ0v) is 21.0. The van der Waals surface area contributed by atoms with E-state index in [0.717, 1.165) is 38.9 Å². The van der Waals surface area contributed by atoms with E-state index in [1.165, 1.54) is 32.9 Å². The van der Waals surface area contributed by atoms with Crippen LogP contribution < -0.4 is 4.74 Å². The van der Waals surface area contributed by atoms with Gasteiger partial charge in [0.2, 0.25) is 0 Å². The zero-order valence-electron chi connectivity index (χ0n) is 21.0. The van der Waals surface area contributed by atoms with Gasteiger partial charge in [-0.25, -0.2) is 0 Å². The Labute approximate surface area is 224 Å². The molecule has 0 fully saturated rings. The van der Waals surface area contributed by atoms with Gasteiger partial charge in [-0.1, -0.05) is 78.9 Å². The van der Waals surface area contributed by atoms with Crippen molar-refractivity contribution in [2.75, 3.05) is 0 Å². The maximum absolute atomic E-state index is 6.42. The second-order valence-electron chi connectivity index (χ2n) is 10.5. The van der Waals surface area contributed by atoms with Crippen LogP contribution in [0.25, 0.3) is 55.0 Å². The van der Waals surface area contributed by atoms with Gasteiger partial charge in [0, 0.05) is 44.3 Å². The van der Waals surface area contributed by atoms with Gasteiger partial charge in [-0.2, -0.15) is 0 Å². The Morgan fingerprint density at radius 1 is 0.615 bits per heavy atom. The van der Waals surface area contributed by atoms with Crippen LogP contribution in [0, 0.1) is 0 Å². The molecular formula is C36H23NO2. The predicted octanol–water partition coefficient (Wildman–Crippen LogP) is 9.18. The summed E-state index contributed by atoms with van der Waals surface area (Å²) in [6, 6.07) is 38.7. The van der Waals surface area contributed by atoms with Gasteiger partial charge in [-0.3, -0.25) is 0 Å². The average Bonchev–Trinajstić information content (AvgIpc) is 3.66. The molecule has 2 aliphatic rings. The highest BCUT2D eigenvalue weighted by molar-refractivity contribution is 6.10. The van der Waals surface area contributed by atoms with Gasteiger partial charge in [0.1, 0.15) is 23.0 Å². The normalized spacial score (nSPS) is 18.0. The Morgan fingerprint density at radius 3 is 2.23 bits per heavy atom. The number of ether oxygens (including phenoxy) is 1. The molecule has 5 aromatic carbocycles. The van der Waals surface area contributed by atoms with Crippen molar-refractivity contribution < 1.29 is 9.15 Å². The summed E-state index contributed by atoms with van der Waals surface area (Å²) in [6.45, 7) is 0. The Morgan fingerprint density at radius 2 is 1.38 bits per heavy atom. The van der Waals surface area contributed by atoms with Crippen LogP contribution in [0.15, 0.2) is 132 Å². The first-order valence-corrected chi connectivity index (χ1v) is 13.4. The Balaban J connectivity index is 1.18. The first kappa shape index (κ1) is 21.0. The second-order valence-corrected chi connectivity index (χ2v) is 10.5. The lowest BCUT2D eigenvalue weighted by Gasteiger charge is -2.23. The largest absolute Gasteiger partial charge is 0.484 e. The quantitative estimate of drug-likeness (QED) is 0.236. The van der Waals surface area contributed by atoms with E-state index in [0.29, 0.717) is 0 Å². The number of para-hydroxylation sites is 3. The van der Waals surface area contributed by atoms with Crippen molar-refractivity contribution in [3.05, 3.63) is 139 Å². The number of rotatable bonds is 2. The molecule has 184 valence electrons. The van der Waals surface area contributed by atoms with Gasteiger partial charge >= 0.3 is 0 Å². The van der Waals surface area contributed by atoms with Crippen molar-refractivity contribution in [1.82, 2.24) is 4.57 Å². The minimum atomic E-state index is -0.0175. The summed E-state index contributed by atoms with van der Waals surface area (Å²) in [5.74, 6) is 1.22. The lowest BCUT2D eigenvalue weighted by atomic mass is 9.84. The van der Waals surface area contributed by atoms with Crippen molar-refractivity contribution in [3.8, 4) is 11.4 Å². The number of fused-ring (bicyclic) bond motifs is 9.